The van der Waals surface area contributed by atoms with E-state index in [2.05, 4.69) is 36.8 Å². The molecule has 0 unspecified atom stereocenters. The Labute approximate surface area is 93.8 Å². The molecule has 66 valence electrons. The molecule has 0 spiro atoms. The Morgan fingerprint density at radius 2 is 1.83 bits per heavy atom. The maximum absolute atomic E-state index is 5.61. The SMILES string of the molecule is ClCCCc1c(Br)cncc1Br. The van der Waals surface area contributed by atoms with Gasteiger partial charge in [0.15, 0.2) is 0 Å². The van der Waals surface area contributed by atoms with Crippen molar-refractivity contribution >= 4 is 43.5 Å². The van der Waals surface area contributed by atoms with Gasteiger partial charge in [-0.3, -0.25) is 4.98 Å². The van der Waals surface area contributed by atoms with Gasteiger partial charge < -0.3 is 0 Å². The molecule has 0 radical (unpaired) electrons. The lowest BCUT2D eigenvalue weighted by atomic mass is 10.2. The Hall–Kier alpha value is 0.400. The highest BCUT2D eigenvalue weighted by atomic mass is 79.9. The summed E-state index contributed by atoms with van der Waals surface area (Å²) in [6.45, 7) is 0. The molecule has 0 fully saturated rings. The van der Waals surface area contributed by atoms with Gasteiger partial charge in [-0.1, -0.05) is 0 Å². The normalized spacial score (nSPS) is 10.2. The average molecular weight is 313 g/mol. The summed E-state index contributed by atoms with van der Waals surface area (Å²) in [5.74, 6) is 0.696. The fourth-order valence-electron chi connectivity index (χ4n) is 0.920. The smallest absolute Gasteiger partial charge is 0.0413 e. The molecule has 0 aliphatic heterocycles. The molecule has 0 amide bonds. The van der Waals surface area contributed by atoms with E-state index in [1.807, 2.05) is 0 Å². The maximum atomic E-state index is 5.61. The second kappa shape index (κ2) is 5.20. The number of hydrogen-bond donors (Lipinski definition) is 0. The molecule has 0 aromatic carbocycles. The van der Waals surface area contributed by atoms with E-state index in [0.717, 1.165) is 21.8 Å². The van der Waals surface area contributed by atoms with Gasteiger partial charge in [0.1, 0.15) is 0 Å². The minimum Gasteiger partial charge on any atom is -0.262 e. The lowest BCUT2D eigenvalue weighted by Crippen LogP contribution is -1.90. The zero-order chi connectivity index (χ0) is 8.97. The zero-order valence-corrected chi connectivity index (χ0v) is 10.3. The first-order chi connectivity index (χ1) is 5.75. The molecule has 1 heterocycles. The monoisotopic (exact) mass is 311 g/mol. The van der Waals surface area contributed by atoms with Crippen LogP contribution in [0, 0.1) is 0 Å². The molecule has 0 saturated carbocycles. The molecule has 1 rings (SSSR count). The molecular formula is C8H8Br2ClN. The summed E-state index contributed by atoms with van der Waals surface area (Å²) in [6, 6.07) is 0. The number of rotatable bonds is 3. The largest absolute Gasteiger partial charge is 0.262 e. The first-order valence-electron chi connectivity index (χ1n) is 3.59. The second-order valence-corrected chi connectivity index (χ2v) is 4.46. The number of hydrogen-bond acceptors (Lipinski definition) is 1. The van der Waals surface area contributed by atoms with Crippen LogP contribution in [-0.4, -0.2) is 10.9 Å². The molecule has 0 aliphatic rings. The van der Waals surface area contributed by atoms with Crippen molar-refractivity contribution < 1.29 is 0 Å². The Balaban J connectivity index is 2.81. The van der Waals surface area contributed by atoms with Gasteiger partial charge in [-0.2, -0.15) is 0 Å². The number of nitrogens with zero attached hydrogens (tertiary/aromatic N) is 1. The van der Waals surface area contributed by atoms with Gasteiger partial charge in [-0.25, -0.2) is 0 Å². The number of aromatic nitrogens is 1. The van der Waals surface area contributed by atoms with Gasteiger partial charge >= 0.3 is 0 Å². The standard InChI is InChI=1S/C8H8Br2ClN/c9-7-4-12-5-8(10)6(7)2-1-3-11/h4-5H,1-3H2. The van der Waals surface area contributed by atoms with Gasteiger partial charge in [0.25, 0.3) is 0 Å². The molecule has 0 saturated heterocycles. The van der Waals surface area contributed by atoms with Crippen LogP contribution in [0.2, 0.25) is 0 Å². The van der Waals surface area contributed by atoms with Gasteiger partial charge in [-0.15, -0.1) is 11.6 Å². The van der Waals surface area contributed by atoms with Crippen molar-refractivity contribution in [3.63, 3.8) is 0 Å². The van der Waals surface area contributed by atoms with E-state index in [9.17, 15) is 0 Å². The van der Waals surface area contributed by atoms with Gasteiger partial charge in [-0.05, 0) is 50.3 Å². The molecule has 0 bridgehead atoms. The van der Waals surface area contributed by atoms with Crippen LogP contribution in [0.1, 0.15) is 12.0 Å². The van der Waals surface area contributed by atoms with E-state index in [0.29, 0.717) is 5.88 Å². The van der Waals surface area contributed by atoms with Crippen LogP contribution in [0.15, 0.2) is 21.3 Å². The molecule has 4 heteroatoms. The lowest BCUT2D eigenvalue weighted by Gasteiger charge is -2.04. The van der Waals surface area contributed by atoms with Crippen LogP contribution in [0.4, 0.5) is 0 Å². The summed E-state index contributed by atoms with van der Waals surface area (Å²) in [6.07, 6.45) is 5.57. The van der Waals surface area contributed by atoms with Crippen molar-refractivity contribution in [3.8, 4) is 0 Å². The van der Waals surface area contributed by atoms with E-state index in [-0.39, 0.29) is 0 Å². The molecule has 0 aliphatic carbocycles. The quantitative estimate of drug-likeness (QED) is 0.774. The van der Waals surface area contributed by atoms with Crippen LogP contribution in [0.3, 0.4) is 0 Å². The summed E-state index contributed by atoms with van der Waals surface area (Å²) in [7, 11) is 0. The predicted octanol–water partition coefficient (Wildman–Crippen LogP) is 3.78. The lowest BCUT2D eigenvalue weighted by molar-refractivity contribution is 0.913. The van der Waals surface area contributed by atoms with E-state index in [1.165, 1.54) is 5.56 Å². The Morgan fingerprint density at radius 1 is 1.25 bits per heavy atom. The van der Waals surface area contributed by atoms with Crippen molar-refractivity contribution in [3.05, 3.63) is 26.9 Å². The molecule has 12 heavy (non-hydrogen) atoms. The van der Waals surface area contributed by atoms with Crippen molar-refractivity contribution in [2.45, 2.75) is 12.8 Å². The van der Waals surface area contributed by atoms with E-state index >= 15 is 0 Å². The fraction of sp³-hybridized carbons (Fsp3) is 0.375. The van der Waals surface area contributed by atoms with Gasteiger partial charge in [0.05, 0.1) is 0 Å². The second-order valence-electron chi connectivity index (χ2n) is 2.37. The maximum Gasteiger partial charge on any atom is 0.0413 e. The number of pyridine rings is 1. The summed E-state index contributed by atoms with van der Waals surface area (Å²) in [5.41, 5.74) is 1.24. The fourth-order valence-corrected chi connectivity index (χ4v) is 2.38. The van der Waals surface area contributed by atoms with Crippen molar-refractivity contribution in [2.75, 3.05) is 5.88 Å². The van der Waals surface area contributed by atoms with Crippen molar-refractivity contribution in [1.29, 1.82) is 0 Å². The van der Waals surface area contributed by atoms with Crippen molar-refractivity contribution in [1.82, 2.24) is 4.98 Å². The minimum atomic E-state index is 0.696. The third-order valence-corrected chi connectivity index (χ3v) is 3.15. The first-order valence-corrected chi connectivity index (χ1v) is 5.71. The molecule has 0 atom stereocenters. The predicted molar refractivity (Wildman–Crippen MR) is 58.7 cm³/mol. The molecular weight excluding hydrogens is 305 g/mol. The highest BCUT2D eigenvalue weighted by Gasteiger charge is 2.03. The first kappa shape index (κ1) is 10.5. The zero-order valence-electron chi connectivity index (χ0n) is 6.36. The third kappa shape index (κ3) is 2.71. The Bertz CT molecular complexity index is 245. The highest BCUT2D eigenvalue weighted by molar-refractivity contribution is 9.11. The highest BCUT2D eigenvalue weighted by Crippen LogP contribution is 2.24. The van der Waals surface area contributed by atoms with Crippen LogP contribution >= 0.6 is 43.5 Å². The summed E-state index contributed by atoms with van der Waals surface area (Å²) < 4.78 is 2.09. The Kier molecular flexibility index (Phi) is 4.54. The summed E-state index contributed by atoms with van der Waals surface area (Å²) in [5, 5.41) is 0. The summed E-state index contributed by atoms with van der Waals surface area (Å²) >= 11 is 12.5. The minimum absolute atomic E-state index is 0.696. The van der Waals surface area contributed by atoms with E-state index < -0.39 is 0 Å². The van der Waals surface area contributed by atoms with Crippen LogP contribution < -0.4 is 0 Å². The molecule has 1 aromatic heterocycles. The van der Waals surface area contributed by atoms with Gasteiger partial charge in [0, 0.05) is 27.2 Å². The topological polar surface area (TPSA) is 12.9 Å². The number of alkyl halides is 1. The van der Waals surface area contributed by atoms with E-state index in [1.54, 1.807) is 12.4 Å². The van der Waals surface area contributed by atoms with Crippen LogP contribution in [0.25, 0.3) is 0 Å². The number of halogens is 3. The Morgan fingerprint density at radius 3 is 2.33 bits per heavy atom. The van der Waals surface area contributed by atoms with Crippen molar-refractivity contribution in [2.24, 2.45) is 0 Å². The van der Waals surface area contributed by atoms with E-state index in [4.69, 9.17) is 11.6 Å². The molecule has 1 aromatic rings. The summed E-state index contributed by atoms with van der Waals surface area (Å²) in [4.78, 5) is 4.03. The van der Waals surface area contributed by atoms with Gasteiger partial charge in [0.2, 0.25) is 0 Å². The third-order valence-electron chi connectivity index (χ3n) is 1.51. The van der Waals surface area contributed by atoms with Crippen LogP contribution in [-0.2, 0) is 6.42 Å². The molecule has 0 N–H and O–H groups in total. The van der Waals surface area contributed by atoms with Crippen LogP contribution in [0.5, 0.6) is 0 Å². The average Bonchev–Trinajstić information content (AvgIpc) is 2.04. The molecule has 1 nitrogen and oxygen atoms in total.